The first-order valence-electron chi connectivity index (χ1n) is 9.63. The molecule has 0 saturated carbocycles. The van der Waals surface area contributed by atoms with Crippen molar-refractivity contribution in [3.8, 4) is 0 Å². The maximum absolute atomic E-state index is 9.64. The minimum atomic E-state index is -0.385. The molecule has 0 fully saturated rings. The van der Waals surface area contributed by atoms with Crippen LogP contribution in [-0.2, 0) is 0 Å². The molecule has 0 bridgehead atoms. The van der Waals surface area contributed by atoms with E-state index in [4.69, 9.17) is 10.2 Å². The van der Waals surface area contributed by atoms with Crippen LogP contribution in [0.4, 0.5) is 0 Å². The first-order valence-corrected chi connectivity index (χ1v) is 9.63. The number of rotatable bonds is 17. The minimum Gasteiger partial charge on any atom is -0.396 e. The summed E-state index contributed by atoms with van der Waals surface area (Å²) >= 11 is 0. The van der Waals surface area contributed by atoms with Crippen LogP contribution in [0.25, 0.3) is 0 Å². The van der Waals surface area contributed by atoms with Crippen LogP contribution in [0.1, 0.15) is 103 Å². The number of hydrogen-bond donors (Lipinski definition) is 3. The van der Waals surface area contributed by atoms with Crippen LogP contribution in [0.5, 0.6) is 0 Å². The Morgan fingerprint density at radius 2 is 0.955 bits per heavy atom. The highest BCUT2D eigenvalue weighted by Crippen LogP contribution is 2.14. The van der Waals surface area contributed by atoms with Gasteiger partial charge in [-0.3, -0.25) is 0 Å². The molecule has 0 spiro atoms. The van der Waals surface area contributed by atoms with Gasteiger partial charge < -0.3 is 15.3 Å². The van der Waals surface area contributed by atoms with Gasteiger partial charge in [-0.1, -0.05) is 77.0 Å². The van der Waals surface area contributed by atoms with Crippen molar-refractivity contribution in [2.24, 2.45) is 0 Å². The molecule has 0 aliphatic rings. The number of aliphatic hydroxyl groups is 3. The molecule has 22 heavy (non-hydrogen) atoms. The Bertz CT molecular complexity index is 207. The molecule has 0 aliphatic heterocycles. The van der Waals surface area contributed by atoms with E-state index in [1.807, 2.05) is 0 Å². The van der Waals surface area contributed by atoms with E-state index in [1.165, 1.54) is 70.6 Å². The van der Waals surface area contributed by atoms with Gasteiger partial charge in [0, 0.05) is 6.61 Å². The average molecular weight is 317 g/mol. The van der Waals surface area contributed by atoms with Crippen LogP contribution in [0.3, 0.4) is 0 Å². The monoisotopic (exact) mass is 316 g/mol. The number of hydrogen-bond acceptors (Lipinski definition) is 3. The van der Waals surface area contributed by atoms with Gasteiger partial charge in [0.05, 0.1) is 12.2 Å². The van der Waals surface area contributed by atoms with Gasteiger partial charge >= 0.3 is 0 Å². The Labute approximate surface area is 138 Å². The van der Waals surface area contributed by atoms with Gasteiger partial charge in [-0.2, -0.15) is 0 Å². The van der Waals surface area contributed by atoms with E-state index >= 15 is 0 Å². The van der Waals surface area contributed by atoms with Crippen molar-refractivity contribution in [3.05, 3.63) is 0 Å². The van der Waals surface area contributed by atoms with E-state index in [-0.39, 0.29) is 12.2 Å². The molecule has 134 valence electrons. The van der Waals surface area contributed by atoms with Crippen molar-refractivity contribution in [1.82, 2.24) is 0 Å². The fraction of sp³-hybridized carbons (Fsp3) is 1.00. The second kappa shape index (κ2) is 17.2. The Hall–Kier alpha value is -0.120. The number of aliphatic hydroxyl groups excluding tert-OH is 3. The zero-order valence-corrected chi connectivity index (χ0v) is 14.8. The van der Waals surface area contributed by atoms with Crippen molar-refractivity contribution in [1.29, 1.82) is 0 Å². The van der Waals surface area contributed by atoms with Crippen LogP contribution in [0.2, 0.25) is 0 Å². The fourth-order valence-corrected chi connectivity index (χ4v) is 2.95. The highest BCUT2D eigenvalue weighted by molar-refractivity contribution is 4.60. The van der Waals surface area contributed by atoms with Crippen LogP contribution >= 0.6 is 0 Å². The highest BCUT2D eigenvalue weighted by atomic mass is 16.3. The lowest BCUT2D eigenvalue weighted by atomic mass is 10.0. The predicted molar refractivity (Wildman–Crippen MR) is 94.0 cm³/mol. The van der Waals surface area contributed by atoms with E-state index in [0.717, 1.165) is 19.3 Å². The van der Waals surface area contributed by atoms with Crippen LogP contribution in [0.15, 0.2) is 0 Å². The summed E-state index contributed by atoms with van der Waals surface area (Å²) in [4.78, 5) is 0. The van der Waals surface area contributed by atoms with Gasteiger partial charge in [-0.25, -0.2) is 0 Å². The Morgan fingerprint density at radius 3 is 1.32 bits per heavy atom. The maximum atomic E-state index is 9.64. The molecule has 3 N–H and O–H groups in total. The summed E-state index contributed by atoms with van der Waals surface area (Å²) < 4.78 is 0. The first kappa shape index (κ1) is 21.9. The molecule has 0 amide bonds. The lowest BCUT2D eigenvalue weighted by molar-refractivity contribution is 0.0834. The van der Waals surface area contributed by atoms with E-state index in [2.05, 4.69) is 0 Å². The minimum absolute atomic E-state index is 0.322. The lowest BCUT2D eigenvalue weighted by Gasteiger charge is -2.11. The van der Waals surface area contributed by atoms with Crippen LogP contribution in [0, 0.1) is 0 Å². The molecule has 0 saturated heterocycles. The molecular weight excluding hydrogens is 276 g/mol. The van der Waals surface area contributed by atoms with Crippen molar-refractivity contribution >= 4 is 0 Å². The van der Waals surface area contributed by atoms with E-state index in [1.54, 1.807) is 6.92 Å². The first-order chi connectivity index (χ1) is 10.7. The summed E-state index contributed by atoms with van der Waals surface area (Å²) in [5.74, 6) is 0. The molecule has 0 heterocycles. The molecule has 0 aromatic rings. The third kappa shape index (κ3) is 17.9. The quantitative estimate of drug-likeness (QED) is 0.344. The topological polar surface area (TPSA) is 60.7 Å². The smallest absolute Gasteiger partial charge is 0.0564 e. The van der Waals surface area contributed by atoms with Gasteiger partial charge in [0.1, 0.15) is 0 Å². The normalized spacial score (nSPS) is 14.2. The van der Waals surface area contributed by atoms with E-state index in [9.17, 15) is 5.11 Å². The van der Waals surface area contributed by atoms with E-state index < -0.39 is 0 Å². The summed E-state index contributed by atoms with van der Waals surface area (Å²) in [5, 5.41) is 27.5. The van der Waals surface area contributed by atoms with Crippen LogP contribution < -0.4 is 0 Å². The SMILES string of the molecule is CC(O)CC(O)CCCCCCCCCCCCCCCO. The molecule has 0 aliphatic carbocycles. The second-order valence-electron chi connectivity index (χ2n) is 6.85. The van der Waals surface area contributed by atoms with Crippen molar-refractivity contribution in [3.63, 3.8) is 0 Å². The van der Waals surface area contributed by atoms with Gasteiger partial charge in [0.2, 0.25) is 0 Å². The summed E-state index contributed by atoms with van der Waals surface area (Å²) in [6, 6.07) is 0. The maximum Gasteiger partial charge on any atom is 0.0564 e. The Morgan fingerprint density at radius 1 is 0.591 bits per heavy atom. The Balaban J connectivity index is 3.05. The summed E-state index contributed by atoms with van der Waals surface area (Å²) in [5.41, 5.74) is 0. The molecule has 0 rings (SSSR count). The number of unbranched alkanes of at least 4 members (excludes halogenated alkanes) is 12. The largest absolute Gasteiger partial charge is 0.396 e. The van der Waals surface area contributed by atoms with Gasteiger partial charge in [-0.05, 0) is 26.2 Å². The standard InChI is InChI=1S/C19H40O3/c1-18(21)17-19(22)15-13-11-9-7-5-3-2-4-6-8-10-12-14-16-20/h18-22H,2-17H2,1H3. The summed E-state index contributed by atoms with van der Waals surface area (Å²) in [6.07, 6.45) is 17.1. The van der Waals surface area contributed by atoms with Gasteiger partial charge in [0.15, 0.2) is 0 Å². The lowest BCUT2D eigenvalue weighted by Crippen LogP contribution is -2.14. The van der Waals surface area contributed by atoms with Crippen molar-refractivity contribution in [2.45, 2.75) is 115 Å². The molecule has 3 nitrogen and oxygen atoms in total. The molecular formula is C19H40O3. The summed E-state index contributed by atoms with van der Waals surface area (Å²) in [7, 11) is 0. The zero-order valence-electron chi connectivity index (χ0n) is 14.8. The molecule has 2 unspecified atom stereocenters. The highest BCUT2D eigenvalue weighted by Gasteiger charge is 2.06. The van der Waals surface area contributed by atoms with Gasteiger partial charge in [-0.15, -0.1) is 0 Å². The second-order valence-corrected chi connectivity index (χ2v) is 6.85. The average Bonchev–Trinajstić information content (AvgIpc) is 2.47. The molecule has 0 radical (unpaired) electrons. The van der Waals surface area contributed by atoms with E-state index in [0.29, 0.717) is 13.0 Å². The summed E-state index contributed by atoms with van der Waals surface area (Å²) in [6.45, 7) is 2.08. The molecule has 2 atom stereocenters. The van der Waals surface area contributed by atoms with Crippen molar-refractivity contribution in [2.75, 3.05) is 6.61 Å². The fourth-order valence-electron chi connectivity index (χ4n) is 2.95. The van der Waals surface area contributed by atoms with Crippen molar-refractivity contribution < 1.29 is 15.3 Å². The zero-order chi connectivity index (χ0) is 16.5. The molecule has 0 aromatic heterocycles. The third-order valence-corrected chi connectivity index (χ3v) is 4.31. The van der Waals surface area contributed by atoms with Gasteiger partial charge in [0.25, 0.3) is 0 Å². The van der Waals surface area contributed by atoms with Crippen LogP contribution in [-0.4, -0.2) is 34.1 Å². The Kier molecular flexibility index (Phi) is 17.1. The third-order valence-electron chi connectivity index (χ3n) is 4.31. The molecule has 3 heteroatoms. The predicted octanol–water partition coefficient (Wildman–Crippen LogP) is 4.57. The molecule has 0 aromatic carbocycles.